The van der Waals surface area contributed by atoms with Crippen LogP contribution in [-0.4, -0.2) is 9.13 Å². The SMILES string of the molecule is CCCCCCc1ccc2c(c1)C(c1cccc(-n3c4ccccc4c4ccccc43)c1)(c1cccc(-n3c4ccccc4c4ccccc43)c1)c1ccccc1-2. The summed E-state index contributed by atoms with van der Waals surface area (Å²) in [6.45, 7) is 2.29. The van der Waals surface area contributed by atoms with Crippen LogP contribution in [0.15, 0.2) is 188 Å². The van der Waals surface area contributed by atoms with Gasteiger partial charge in [0.1, 0.15) is 0 Å². The fraction of sp³-hybridized carbons (Fsp3) is 0.127. The van der Waals surface area contributed by atoms with E-state index in [1.54, 1.807) is 0 Å². The van der Waals surface area contributed by atoms with Crippen molar-refractivity contribution < 1.29 is 0 Å². The smallest absolute Gasteiger partial charge is 0.0715 e. The molecule has 0 bridgehead atoms. The van der Waals surface area contributed by atoms with Crippen molar-refractivity contribution in [1.82, 2.24) is 9.13 Å². The second kappa shape index (κ2) is 13.5. The predicted octanol–water partition coefficient (Wildman–Crippen LogP) is 14.4. The molecule has 2 nitrogen and oxygen atoms in total. The highest BCUT2D eigenvalue weighted by Crippen LogP contribution is 2.57. The van der Waals surface area contributed by atoms with E-state index < -0.39 is 5.41 Å². The molecule has 2 aromatic heterocycles. The molecule has 0 saturated carbocycles. The average Bonchev–Trinajstić information content (AvgIpc) is 3.90. The largest absolute Gasteiger partial charge is 0.309 e. The molecule has 11 rings (SSSR count). The molecule has 2 heterocycles. The van der Waals surface area contributed by atoms with Crippen molar-refractivity contribution in [2.75, 3.05) is 0 Å². The lowest BCUT2D eigenvalue weighted by Crippen LogP contribution is -2.29. The molecular weight excluding hydrogens is 689 g/mol. The first-order valence-electron chi connectivity index (χ1n) is 20.7. The van der Waals surface area contributed by atoms with Gasteiger partial charge in [-0.2, -0.15) is 0 Å². The van der Waals surface area contributed by atoms with E-state index in [2.05, 4.69) is 204 Å². The summed E-state index contributed by atoms with van der Waals surface area (Å²) in [6.07, 6.45) is 6.08. The van der Waals surface area contributed by atoms with Gasteiger partial charge in [-0.25, -0.2) is 0 Å². The Morgan fingerprint density at radius 2 is 0.860 bits per heavy atom. The third kappa shape index (κ3) is 5.10. The summed E-state index contributed by atoms with van der Waals surface area (Å²) in [4.78, 5) is 0. The molecule has 1 aliphatic carbocycles. The molecule has 0 fully saturated rings. The highest BCUT2D eigenvalue weighted by Gasteiger charge is 2.46. The molecule has 0 saturated heterocycles. The Labute approximate surface area is 334 Å². The van der Waals surface area contributed by atoms with Gasteiger partial charge in [-0.1, -0.05) is 166 Å². The summed E-state index contributed by atoms with van der Waals surface area (Å²) >= 11 is 0. The van der Waals surface area contributed by atoms with E-state index in [-0.39, 0.29) is 0 Å². The molecular formula is C55H44N2. The number of aromatic nitrogens is 2. The van der Waals surface area contributed by atoms with E-state index in [0.717, 1.165) is 6.42 Å². The van der Waals surface area contributed by atoms with E-state index in [4.69, 9.17) is 0 Å². The minimum absolute atomic E-state index is 0.561. The number of fused-ring (bicyclic) bond motifs is 9. The summed E-state index contributed by atoms with van der Waals surface area (Å²) < 4.78 is 4.92. The molecule has 8 aromatic carbocycles. The van der Waals surface area contributed by atoms with Crippen molar-refractivity contribution in [3.63, 3.8) is 0 Å². The van der Waals surface area contributed by atoms with Gasteiger partial charge in [0.25, 0.3) is 0 Å². The Morgan fingerprint density at radius 3 is 1.39 bits per heavy atom. The highest BCUT2D eigenvalue weighted by atomic mass is 15.0. The van der Waals surface area contributed by atoms with Gasteiger partial charge in [0, 0.05) is 32.9 Å². The minimum Gasteiger partial charge on any atom is -0.309 e. The van der Waals surface area contributed by atoms with Crippen LogP contribution in [0.1, 0.15) is 60.4 Å². The number of nitrogens with zero attached hydrogens (tertiary/aromatic N) is 2. The lowest BCUT2D eigenvalue weighted by molar-refractivity contribution is 0.666. The Balaban J connectivity index is 1.20. The summed E-state index contributed by atoms with van der Waals surface area (Å²) in [5, 5.41) is 5.10. The molecule has 0 amide bonds. The number of unbranched alkanes of at least 4 members (excludes halogenated alkanes) is 3. The molecule has 0 atom stereocenters. The van der Waals surface area contributed by atoms with Crippen molar-refractivity contribution in [3.05, 3.63) is 216 Å². The zero-order valence-electron chi connectivity index (χ0n) is 32.3. The summed E-state index contributed by atoms with van der Waals surface area (Å²) in [5.41, 5.74) is 16.0. The molecule has 2 heteroatoms. The molecule has 0 aliphatic heterocycles. The predicted molar refractivity (Wildman–Crippen MR) is 240 cm³/mol. The zero-order valence-corrected chi connectivity index (χ0v) is 32.3. The van der Waals surface area contributed by atoms with E-state index in [1.807, 2.05) is 0 Å². The first-order valence-corrected chi connectivity index (χ1v) is 20.7. The van der Waals surface area contributed by atoms with Crippen molar-refractivity contribution in [2.45, 2.75) is 44.4 Å². The summed E-state index contributed by atoms with van der Waals surface area (Å²) in [6, 6.07) is 70.7. The van der Waals surface area contributed by atoms with Crippen LogP contribution in [0.25, 0.3) is 66.1 Å². The first kappa shape index (κ1) is 33.7. The maximum atomic E-state index is 2.56. The second-order valence-corrected chi connectivity index (χ2v) is 15.8. The summed E-state index contributed by atoms with van der Waals surface area (Å²) in [5.74, 6) is 0. The maximum Gasteiger partial charge on any atom is 0.0715 e. The molecule has 57 heavy (non-hydrogen) atoms. The fourth-order valence-electron chi connectivity index (χ4n) is 10.2. The van der Waals surface area contributed by atoms with Gasteiger partial charge >= 0.3 is 0 Å². The molecule has 0 N–H and O–H groups in total. The number of hydrogen-bond donors (Lipinski definition) is 0. The Morgan fingerprint density at radius 1 is 0.386 bits per heavy atom. The average molecular weight is 733 g/mol. The third-order valence-corrected chi connectivity index (χ3v) is 12.7. The molecule has 10 aromatic rings. The van der Waals surface area contributed by atoms with Crippen LogP contribution in [0, 0.1) is 0 Å². The number of benzene rings is 8. The van der Waals surface area contributed by atoms with Crippen LogP contribution in [0.3, 0.4) is 0 Å². The van der Waals surface area contributed by atoms with E-state index in [0.29, 0.717) is 0 Å². The van der Waals surface area contributed by atoms with Gasteiger partial charge in [-0.3, -0.25) is 0 Å². The van der Waals surface area contributed by atoms with Crippen LogP contribution in [-0.2, 0) is 11.8 Å². The van der Waals surface area contributed by atoms with Crippen molar-refractivity contribution in [2.24, 2.45) is 0 Å². The normalized spacial score (nSPS) is 13.1. The molecule has 0 spiro atoms. The molecule has 0 unspecified atom stereocenters. The van der Waals surface area contributed by atoms with E-state index >= 15 is 0 Å². The second-order valence-electron chi connectivity index (χ2n) is 15.8. The number of rotatable bonds is 9. The third-order valence-electron chi connectivity index (χ3n) is 12.7. The van der Waals surface area contributed by atoms with Gasteiger partial charge in [0.05, 0.1) is 27.5 Å². The van der Waals surface area contributed by atoms with Crippen LogP contribution in [0.2, 0.25) is 0 Å². The topological polar surface area (TPSA) is 9.86 Å². The Hall–Kier alpha value is -6.64. The van der Waals surface area contributed by atoms with E-state index in [9.17, 15) is 0 Å². The van der Waals surface area contributed by atoms with Crippen LogP contribution >= 0.6 is 0 Å². The lowest BCUT2D eigenvalue weighted by atomic mass is 9.67. The molecule has 0 radical (unpaired) electrons. The van der Waals surface area contributed by atoms with Crippen molar-refractivity contribution in [3.8, 4) is 22.5 Å². The van der Waals surface area contributed by atoms with Gasteiger partial charge < -0.3 is 9.13 Å². The number of para-hydroxylation sites is 4. The van der Waals surface area contributed by atoms with E-state index in [1.165, 1.54) is 120 Å². The molecule has 1 aliphatic rings. The summed E-state index contributed by atoms with van der Waals surface area (Å²) in [7, 11) is 0. The standard InChI is InChI=1S/C55H44N2/c1-2-3-4-5-18-38-33-34-44-43-23-6-11-28-49(43)55(50(44)35-38,39-19-16-21-41(36-39)56-51-29-12-7-24-45(51)46-25-8-13-30-52(46)56)40-20-17-22-42(37-40)57-53-31-14-9-26-47(53)48-27-10-15-32-54(48)57/h6-17,19-37H,2-5,18H2,1H3. The highest BCUT2D eigenvalue weighted by molar-refractivity contribution is 6.10. The number of aryl methyl sites for hydroxylation is 1. The van der Waals surface area contributed by atoms with Crippen molar-refractivity contribution >= 4 is 43.6 Å². The monoisotopic (exact) mass is 732 g/mol. The Bertz CT molecular complexity index is 2870. The van der Waals surface area contributed by atoms with Crippen molar-refractivity contribution in [1.29, 1.82) is 0 Å². The van der Waals surface area contributed by atoms with Gasteiger partial charge in [-0.15, -0.1) is 0 Å². The quantitative estimate of drug-likeness (QED) is 0.131. The van der Waals surface area contributed by atoms with Crippen LogP contribution in [0.4, 0.5) is 0 Å². The Kier molecular flexibility index (Phi) is 8.00. The zero-order chi connectivity index (χ0) is 37.9. The van der Waals surface area contributed by atoms with Gasteiger partial charge in [0.2, 0.25) is 0 Å². The lowest BCUT2D eigenvalue weighted by Gasteiger charge is -2.35. The minimum atomic E-state index is -0.561. The number of hydrogen-bond acceptors (Lipinski definition) is 0. The maximum absolute atomic E-state index is 2.56. The van der Waals surface area contributed by atoms with Gasteiger partial charge in [0.15, 0.2) is 0 Å². The van der Waals surface area contributed by atoms with Gasteiger partial charge in [-0.05, 0) is 100 Å². The first-order chi connectivity index (χ1) is 28.3. The molecule has 274 valence electrons. The fourth-order valence-corrected chi connectivity index (χ4v) is 10.2. The van der Waals surface area contributed by atoms with Crippen LogP contribution in [0.5, 0.6) is 0 Å². The van der Waals surface area contributed by atoms with Crippen LogP contribution < -0.4 is 0 Å².